The second-order valence-electron chi connectivity index (χ2n) is 3.67. The third kappa shape index (κ3) is 3.55. The molecule has 0 aromatic heterocycles. The van der Waals surface area contributed by atoms with Crippen LogP contribution in [0.25, 0.3) is 0 Å². The fraction of sp³-hybridized carbons (Fsp3) is 1.00. The molecule has 0 fully saturated rings. The molecular formula is C10H24N2. The number of hydrazine groups is 1. The lowest BCUT2D eigenvalue weighted by Crippen LogP contribution is -2.49. The molecule has 0 bridgehead atoms. The summed E-state index contributed by atoms with van der Waals surface area (Å²) in [4.78, 5) is 0. The molecule has 2 heteroatoms. The maximum atomic E-state index is 5.62. The fourth-order valence-electron chi connectivity index (χ4n) is 2.03. The molecule has 0 aliphatic heterocycles. The molecule has 0 spiro atoms. The Hall–Kier alpha value is -0.0800. The van der Waals surface area contributed by atoms with Crippen LogP contribution in [0.3, 0.4) is 0 Å². The standard InChI is InChI=1S/C10H24N2/c1-4-7-10(12-11,8-5-2)9-6-3/h12H,4-9,11H2,1-3H3. The average molecular weight is 172 g/mol. The minimum absolute atomic E-state index is 0.220. The van der Waals surface area contributed by atoms with Crippen molar-refractivity contribution in [2.75, 3.05) is 0 Å². The normalized spacial score (nSPS) is 12.0. The second kappa shape index (κ2) is 6.44. The third-order valence-electron chi connectivity index (χ3n) is 2.49. The van der Waals surface area contributed by atoms with Crippen LogP contribution < -0.4 is 11.3 Å². The molecule has 0 atom stereocenters. The Morgan fingerprint density at radius 3 is 1.42 bits per heavy atom. The lowest BCUT2D eigenvalue weighted by Gasteiger charge is -2.32. The first-order valence-electron chi connectivity index (χ1n) is 5.22. The van der Waals surface area contributed by atoms with Gasteiger partial charge in [-0.2, -0.15) is 0 Å². The van der Waals surface area contributed by atoms with Crippen molar-refractivity contribution < 1.29 is 0 Å². The van der Waals surface area contributed by atoms with Gasteiger partial charge in [0.05, 0.1) is 0 Å². The molecule has 0 aliphatic carbocycles. The van der Waals surface area contributed by atoms with Crippen LogP contribution in [-0.4, -0.2) is 5.54 Å². The summed E-state index contributed by atoms with van der Waals surface area (Å²) in [5, 5.41) is 0. The molecular weight excluding hydrogens is 148 g/mol. The van der Waals surface area contributed by atoms with Crippen molar-refractivity contribution in [3.63, 3.8) is 0 Å². The lowest BCUT2D eigenvalue weighted by molar-refractivity contribution is 0.256. The topological polar surface area (TPSA) is 38.0 Å². The van der Waals surface area contributed by atoms with Gasteiger partial charge in [0.1, 0.15) is 0 Å². The summed E-state index contributed by atoms with van der Waals surface area (Å²) in [5.74, 6) is 5.62. The van der Waals surface area contributed by atoms with Gasteiger partial charge in [0.2, 0.25) is 0 Å². The molecule has 3 N–H and O–H groups in total. The van der Waals surface area contributed by atoms with E-state index in [9.17, 15) is 0 Å². The minimum Gasteiger partial charge on any atom is -0.271 e. The number of nitrogens with one attached hydrogen (secondary N) is 1. The summed E-state index contributed by atoms with van der Waals surface area (Å²) in [5.41, 5.74) is 3.24. The number of hydrogen-bond donors (Lipinski definition) is 2. The maximum Gasteiger partial charge on any atom is 0.0321 e. The van der Waals surface area contributed by atoms with E-state index < -0.39 is 0 Å². The van der Waals surface area contributed by atoms with E-state index in [1.54, 1.807) is 0 Å². The summed E-state index contributed by atoms with van der Waals surface area (Å²) in [6, 6.07) is 0. The smallest absolute Gasteiger partial charge is 0.0321 e. The molecule has 0 saturated carbocycles. The molecule has 0 heterocycles. The highest BCUT2D eigenvalue weighted by Crippen LogP contribution is 2.23. The molecule has 0 unspecified atom stereocenters. The highest BCUT2D eigenvalue weighted by Gasteiger charge is 2.24. The molecule has 0 aromatic rings. The minimum atomic E-state index is 0.220. The second-order valence-corrected chi connectivity index (χ2v) is 3.67. The van der Waals surface area contributed by atoms with Gasteiger partial charge < -0.3 is 0 Å². The molecule has 12 heavy (non-hydrogen) atoms. The SMILES string of the molecule is CCCC(CCC)(CCC)NN. The zero-order valence-corrected chi connectivity index (χ0v) is 8.82. The van der Waals surface area contributed by atoms with Crippen molar-refractivity contribution in [1.29, 1.82) is 0 Å². The van der Waals surface area contributed by atoms with E-state index in [0.717, 1.165) is 0 Å². The van der Waals surface area contributed by atoms with Crippen molar-refractivity contribution >= 4 is 0 Å². The van der Waals surface area contributed by atoms with Gasteiger partial charge in [-0.15, -0.1) is 0 Å². The Bertz CT molecular complexity index is 85.0. The maximum absolute atomic E-state index is 5.62. The Balaban J connectivity index is 4.06. The molecule has 0 aliphatic rings. The van der Waals surface area contributed by atoms with Crippen molar-refractivity contribution in [2.24, 2.45) is 5.84 Å². The summed E-state index contributed by atoms with van der Waals surface area (Å²) >= 11 is 0. The van der Waals surface area contributed by atoms with Crippen LogP contribution in [0.1, 0.15) is 59.3 Å². The first kappa shape index (κ1) is 11.9. The third-order valence-corrected chi connectivity index (χ3v) is 2.49. The number of rotatable bonds is 7. The van der Waals surface area contributed by atoms with Crippen molar-refractivity contribution in [3.05, 3.63) is 0 Å². The summed E-state index contributed by atoms with van der Waals surface area (Å²) in [7, 11) is 0. The predicted octanol–water partition coefficient (Wildman–Crippen LogP) is 2.59. The number of nitrogens with two attached hydrogens (primary N) is 1. The molecule has 0 saturated heterocycles. The summed E-state index contributed by atoms with van der Waals surface area (Å²) in [6.45, 7) is 6.66. The van der Waals surface area contributed by atoms with Crippen LogP contribution in [0.2, 0.25) is 0 Å². The zero-order chi connectivity index (χ0) is 9.45. The van der Waals surface area contributed by atoms with Crippen LogP contribution >= 0.6 is 0 Å². The van der Waals surface area contributed by atoms with Gasteiger partial charge in [-0.05, 0) is 19.3 Å². The fourth-order valence-corrected chi connectivity index (χ4v) is 2.03. The average Bonchev–Trinajstić information content (AvgIpc) is 2.06. The predicted molar refractivity (Wildman–Crippen MR) is 54.8 cm³/mol. The highest BCUT2D eigenvalue weighted by atomic mass is 15.3. The van der Waals surface area contributed by atoms with Gasteiger partial charge in [-0.1, -0.05) is 40.0 Å². The molecule has 0 aromatic carbocycles. The van der Waals surface area contributed by atoms with Crippen LogP contribution in [-0.2, 0) is 0 Å². The van der Waals surface area contributed by atoms with Crippen LogP contribution in [0.5, 0.6) is 0 Å². The zero-order valence-electron chi connectivity index (χ0n) is 8.82. The van der Waals surface area contributed by atoms with E-state index in [4.69, 9.17) is 5.84 Å². The molecule has 0 radical (unpaired) electrons. The van der Waals surface area contributed by atoms with Crippen molar-refractivity contribution in [1.82, 2.24) is 5.43 Å². The van der Waals surface area contributed by atoms with Gasteiger partial charge in [0.15, 0.2) is 0 Å². The van der Waals surface area contributed by atoms with Gasteiger partial charge in [0.25, 0.3) is 0 Å². The van der Waals surface area contributed by atoms with Crippen LogP contribution in [0.4, 0.5) is 0 Å². The Kier molecular flexibility index (Phi) is 6.39. The van der Waals surface area contributed by atoms with E-state index in [1.165, 1.54) is 38.5 Å². The largest absolute Gasteiger partial charge is 0.271 e. The van der Waals surface area contributed by atoms with E-state index in [1.807, 2.05) is 0 Å². The van der Waals surface area contributed by atoms with Crippen LogP contribution in [0, 0.1) is 0 Å². The molecule has 74 valence electrons. The summed E-state index contributed by atoms with van der Waals surface area (Å²) < 4.78 is 0. The Morgan fingerprint density at radius 2 is 1.25 bits per heavy atom. The van der Waals surface area contributed by atoms with Crippen LogP contribution in [0.15, 0.2) is 0 Å². The van der Waals surface area contributed by atoms with Crippen molar-refractivity contribution in [2.45, 2.75) is 64.8 Å². The summed E-state index contributed by atoms with van der Waals surface area (Å²) in [6.07, 6.45) is 7.24. The Morgan fingerprint density at radius 1 is 0.917 bits per heavy atom. The molecule has 0 rings (SSSR count). The monoisotopic (exact) mass is 172 g/mol. The van der Waals surface area contributed by atoms with E-state index in [0.29, 0.717) is 0 Å². The van der Waals surface area contributed by atoms with E-state index in [-0.39, 0.29) is 5.54 Å². The quantitative estimate of drug-likeness (QED) is 0.457. The molecule has 0 amide bonds. The lowest BCUT2D eigenvalue weighted by atomic mass is 9.85. The first-order chi connectivity index (χ1) is 5.74. The van der Waals surface area contributed by atoms with Gasteiger partial charge >= 0.3 is 0 Å². The number of hydrogen-bond acceptors (Lipinski definition) is 2. The Labute approximate surface area is 76.9 Å². The molecule has 2 nitrogen and oxygen atoms in total. The van der Waals surface area contributed by atoms with Gasteiger partial charge in [-0.3, -0.25) is 11.3 Å². The first-order valence-corrected chi connectivity index (χ1v) is 5.22. The van der Waals surface area contributed by atoms with Crippen molar-refractivity contribution in [3.8, 4) is 0 Å². The van der Waals surface area contributed by atoms with Gasteiger partial charge in [0, 0.05) is 5.54 Å². The van der Waals surface area contributed by atoms with Gasteiger partial charge in [-0.25, -0.2) is 0 Å². The highest BCUT2D eigenvalue weighted by molar-refractivity contribution is 4.84. The van der Waals surface area contributed by atoms with E-state index in [2.05, 4.69) is 26.2 Å². The van der Waals surface area contributed by atoms with E-state index >= 15 is 0 Å².